The molecule has 7 heteroatoms. The number of hydrogen-bond acceptors (Lipinski definition) is 5. The summed E-state index contributed by atoms with van der Waals surface area (Å²) in [5, 5.41) is 2.74. The van der Waals surface area contributed by atoms with Crippen LogP contribution in [0.25, 0.3) is 0 Å². The molecule has 1 aliphatic heterocycles. The fourth-order valence-electron chi connectivity index (χ4n) is 3.19. The van der Waals surface area contributed by atoms with Gasteiger partial charge in [0, 0.05) is 6.04 Å². The summed E-state index contributed by atoms with van der Waals surface area (Å²) >= 11 is 1.04. The van der Waals surface area contributed by atoms with Gasteiger partial charge in [-0.15, -0.1) is 0 Å². The van der Waals surface area contributed by atoms with Crippen LogP contribution in [-0.2, 0) is 9.59 Å². The van der Waals surface area contributed by atoms with Crippen molar-refractivity contribution in [1.82, 2.24) is 10.2 Å². The molecular weight excluding hydrogens is 328 g/mol. The standard InChI is InChI=1S/C17H20N2O4S/c20-15(10-23-12-6-2-1-3-7-12)18-13-8-4-5-9-14(13)19-16(21)11-24-17(19)22/h1-3,6-7,13-14H,4-5,8-11H2,(H,18,20)/t13-,14+/m0/s1. The molecule has 0 bridgehead atoms. The highest BCUT2D eigenvalue weighted by molar-refractivity contribution is 8.14. The van der Waals surface area contributed by atoms with Gasteiger partial charge in [-0.3, -0.25) is 19.3 Å². The number of para-hydroxylation sites is 1. The second kappa shape index (κ2) is 7.70. The summed E-state index contributed by atoms with van der Waals surface area (Å²) in [6, 6.07) is 8.69. The van der Waals surface area contributed by atoms with Gasteiger partial charge in [0.2, 0.25) is 5.91 Å². The van der Waals surface area contributed by atoms with E-state index in [9.17, 15) is 14.4 Å². The first-order valence-corrected chi connectivity index (χ1v) is 9.10. The average molecular weight is 348 g/mol. The summed E-state index contributed by atoms with van der Waals surface area (Å²) < 4.78 is 5.45. The Bertz CT molecular complexity index is 606. The van der Waals surface area contributed by atoms with E-state index in [1.165, 1.54) is 4.90 Å². The van der Waals surface area contributed by atoms with Crippen LogP contribution in [0.3, 0.4) is 0 Å². The molecule has 1 saturated heterocycles. The van der Waals surface area contributed by atoms with Crippen molar-refractivity contribution in [1.29, 1.82) is 0 Å². The Balaban J connectivity index is 1.58. The number of rotatable bonds is 5. The van der Waals surface area contributed by atoms with Crippen LogP contribution in [0, 0.1) is 0 Å². The van der Waals surface area contributed by atoms with Crippen LogP contribution < -0.4 is 10.1 Å². The predicted molar refractivity (Wildman–Crippen MR) is 90.8 cm³/mol. The summed E-state index contributed by atoms with van der Waals surface area (Å²) in [6.07, 6.45) is 3.44. The van der Waals surface area contributed by atoms with Gasteiger partial charge in [-0.1, -0.05) is 42.8 Å². The number of imide groups is 1. The number of carbonyl (C=O) groups excluding carboxylic acids is 3. The maximum atomic E-state index is 12.2. The van der Waals surface area contributed by atoms with Crippen LogP contribution >= 0.6 is 11.8 Å². The lowest BCUT2D eigenvalue weighted by Gasteiger charge is -2.36. The Morgan fingerprint density at radius 1 is 1.21 bits per heavy atom. The van der Waals surface area contributed by atoms with Crippen LogP contribution in [0.4, 0.5) is 4.79 Å². The molecule has 128 valence electrons. The SMILES string of the molecule is O=C(COc1ccccc1)N[C@H]1CCCC[C@H]1N1C(=O)CSC1=O. The van der Waals surface area contributed by atoms with E-state index in [0.717, 1.165) is 37.4 Å². The average Bonchev–Trinajstić information content (AvgIpc) is 2.93. The predicted octanol–water partition coefficient (Wildman–Crippen LogP) is 2.19. The Morgan fingerprint density at radius 2 is 1.96 bits per heavy atom. The molecule has 1 aromatic rings. The van der Waals surface area contributed by atoms with Gasteiger partial charge in [0.15, 0.2) is 6.61 Å². The van der Waals surface area contributed by atoms with E-state index < -0.39 is 0 Å². The van der Waals surface area contributed by atoms with Crippen LogP contribution in [0.1, 0.15) is 25.7 Å². The van der Waals surface area contributed by atoms with Crippen molar-refractivity contribution in [3.8, 4) is 5.75 Å². The molecule has 1 aromatic carbocycles. The summed E-state index contributed by atoms with van der Waals surface area (Å²) in [5.74, 6) is 0.445. The van der Waals surface area contributed by atoms with Crippen LogP contribution in [0.15, 0.2) is 30.3 Å². The number of hydrogen-bond donors (Lipinski definition) is 1. The minimum atomic E-state index is -0.241. The van der Waals surface area contributed by atoms with Crippen molar-refractivity contribution in [2.24, 2.45) is 0 Å². The van der Waals surface area contributed by atoms with Gasteiger partial charge in [-0.05, 0) is 25.0 Å². The molecular formula is C17H20N2O4S. The van der Waals surface area contributed by atoms with Gasteiger partial charge in [-0.25, -0.2) is 0 Å². The minimum Gasteiger partial charge on any atom is -0.484 e. The zero-order chi connectivity index (χ0) is 16.9. The zero-order valence-electron chi connectivity index (χ0n) is 13.3. The molecule has 2 fully saturated rings. The third-order valence-electron chi connectivity index (χ3n) is 4.31. The van der Waals surface area contributed by atoms with Crippen molar-refractivity contribution >= 4 is 28.8 Å². The molecule has 0 spiro atoms. The molecule has 0 radical (unpaired) electrons. The maximum absolute atomic E-state index is 12.2. The summed E-state index contributed by atoms with van der Waals surface area (Å²) in [6.45, 7) is -0.0795. The zero-order valence-corrected chi connectivity index (χ0v) is 14.1. The largest absolute Gasteiger partial charge is 0.484 e. The molecule has 2 aliphatic rings. The molecule has 0 unspecified atom stereocenters. The minimum absolute atomic E-state index is 0.0795. The Kier molecular flexibility index (Phi) is 5.40. The molecule has 0 aromatic heterocycles. The highest BCUT2D eigenvalue weighted by Crippen LogP contribution is 2.30. The highest BCUT2D eigenvalue weighted by atomic mass is 32.2. The fourth-order valence-corrected chi connectivity index (χ4v) is 3.95. The number of carbonyl (C=O) groups is 3. The van der Waals surface area contributed by atoms with Crippen molar-refractivity contribution in [3.05, 3.63) is 30.3 Å². The van der Waals surface area contributed by atoms with Crippen molar-refractivity contribution in [3.63, 3.8) is 0 Å². The summed E-state index contributed by atoms with van der Waals surface area (Å²) in [7, 11) is 0. The Labute approximate surface area is 144 Å². The number of amides is 3. The summed E-state index contributed by atoms with van der Waals surface area (Å²) in [4.78, 5) is 37.4. The van der Waals surface area contributed by atoms with Gasteiger partial charge in [-0.2, -0.15) is 0 Å². The molecule has 24 heavy (non-hydrogen) atoms. The normalized spacial score (nSPS) is 24.1. The lowest BCUT2D eigenvalue weighted by atomic mass is 9.89. The molecule has 1 saturated carbocycles. The highest BCUT2D eigenvalue weighted by Gasteiger charge is 2.41. The monoisotopic (exact) mass is 348 g/mol. The number of nitrogens with one attached hydrogen (secondary N) is 1. The number of nitrogens with zero attached hydrogens (tertiary/aromatic N) is 1. The van der Waals surface area contributed by atoms with Gasteiger partial charge >= 0.3 is 0 Å². The first kappa shape index (κ1) is 16.8. The third-order valence-corrected chi connectivity index (χ3v) is 5.14. The van der Waals surface area contributed by atoms with Crippen molar-refractivity contribution < 1.29 is 19.1 Å². The lowest BCUT2D eigenvalue weighted by Crippen LogP contribution is -2.55. The number of ether oxygens (including phenoxy) is 1. The van der Waals surface area contributed by atoms with Crippen molar-refractivity contribution in [2.75, 3.05) is 12.4 Å². The van der Waals surface area contributed by atoms with Crippen LogP contribution in [0.5, 0.6) is 5.75 Å². The number of thioether (sulfide) groups is 1. The van der Waals surface area contributed by atoms with E-state index in [2.05, 4.69) is 5.32 Å². The van der Waals surface area contributed by atoms with E-state index in [4.69, 9.17) is 4.74 Å². The van der Waals surface area contributed by atoms with Gasteiger partial charge in [0.05, 0.1) is 11.8 Å². The van der Waals surface area contributed by atoms with Gasteiger partial charge < -0.3 is 10.1 Å². The molecule has 1 heterocycles. The Morgan fingerprint density at radius 3 is 2.67 bits per heavy atom. The second-order valence-electron chi connectivity index (χ2n) is 5.95. The van der Waals surface area contributed by atoms with E-state index in [0.29, 0.717) is 5.75 Å². The maximum Gasteiger partial charge on any atom is 0.289 e. The molecule has 2 atom stereocenters. The Hall–Kier alpha value is -2.02. The van der Waals surface area contributed by atoms with E-state index in [-0.39, 0.29) is 41.5 Å². The second-order valence-corrected chi connectivity index (χ2v) is 6.87. The lowest BCUT2D eigenvalue weighted by molar-refractivity contribution is -0.129. The first-order valence-electron chi connectivity index (χ1n) is 8.11. The van der Waals surface area contributed by atoms with Crippen LogP contribution in [0.2, 0.25) is 0 Å². The van der Waals surface area contributed by atoms with Crippen molar-refractivity contribution in [2.45, 2.75) is 37.8 Å². The van der Waals surface area contributed by atoms with Gasteiger partial charge in [0.25, 0.3) is 11.1 Å². The fraction of sp³-hybridized carbons (Fsp3) is 0.471. The quantitative estimate of drug-likeness (QED) is 0.883. The van der Waals surface area contributed by atoms with E-state index >= 15 is 0 Å². The third kappa shape index (κ3) is 3.90. The van der Waals surface area contributed by atoms with E-state index in [1.54, 1.807) is 12.1 Å². The summed E-state index contributed by atoms with van der Waals surface area (Å²) in [5.41, 5.74) is 0. The van der Waals surface area contributed by atoms with E-state index in [1.807, 2.05) is 18.2 Å². The molecule has 1 N–H and O–H groups in total. The first-order chi connectivity index (χ1) is 11.6. The smallest absolute Gasteiger partial charge is 0.289 e. The topological polar surface area (TPSA) is 75.7 Å². The molecule has 1 aliphatic carbocycles. The molecule has 6 nitrogen and oxygen atoms in total. The van der Waals surface area contributed by atoms with Gasteiger partial charge in [0.1, 0.15) is 5.75 Å². The van der Waals surface area contributed by atoms with Crippen LogP contribution in [-0.4, -0.2) is 46.4 Å². The molecule has 3 amide bonds. The molecule has 3 rings (SSSR count). The number of benzene rings is 1.